The maximum atomic E-state index is 6.16. The van der Waals surface area contributed by atoms with Crippen LogP contribution in [0, 0.1) is 0 Å². The van der Waals surface area contributed by atoms with E-state index in [4.69, 9.17) is 9.85 Å². The van der Waals surface area contributed by atoms with Gasteiger partial charge in [-0.2, -0.15) is 0 Å². The molecule has 0 aliphatic carbocycles. The lowest BCUT2D eigenvalue weighted by Crippen LogP contribution is -2.55. The first-order chi connectivity index (χ1) is 5.75. The first-order valence-corrected chi connectivity index (χ1v) is 10.8. The number of nitrogens with two attached hydrogens (primary N) is 1. The van der Waals surface area contributed by atoms with E-state index >= 15 is 0 Å². The van der Waals surface area contributed by atoms with Crippen LogP contribution in [-0.2, 0) is 4.12 Å². The van der Waals surface area contributed by atoms with Gasteiger partial charge in [0.1, 0.15) is 0 Å². The van der Waals surface area contributed by atoms with Crippen molar-refractivity contribution in [3.63, 3.8) is 0 Å². The molecule has 0 amide bonds. The Morgan fingerprint density at radius 1 is 1.38 bits per heavy atom. The van der Waals surface area contributed by atoms with E-state index in [0.29, 0.717) is 0 Å². The van der Waals surface area contributed by atoms with Gasteiger partial charge in [-0.05, 0) is 32.6 Å². The van der Waals surface area contributed by atoms with Crippen molar-refractivity contribution >= 4 is 16.6 Å². The van der Waals surface area contributed by atoms with E-state index in [9.17, 15) is 0 Å². The molecule has 0 saturated heterocycles. The van der Waals surface area contributed by atoms with Crippen LogP contribution in [0.15, 0.2) is 12.3 Å². The second-order valence-corrected chi connectivity index (χ2v) is 12.9. The molecule has 1 unspecified atom stereocenters. The van der Waals surface area contributed by atoms with Crippen LogP contribution in [0.2, 0.25) is 26.2 Å². The van der Waals surface area contributed by atoms with E-state index in [2.05, 4.69) is 39.7 Å². The molecule has 0 aromatic heterocycles. The molecular formula is C9H23NOSi2. The highest BCUT2D eigenvalue weighted by Gasteiger charge is 2.35. The Morgan fingerprint density at radius 3 is 2.15 bits per heavy atom. The van der Waals surface area contributed by atoms with Crippen LogP contribution in [0.25, 0.3) is 0 Å². The Balaban J connectivity index is 4.40. The van der Waals surface area contributed by atoms with Crippen molar-refractivity contribution in [2.45, 2.75) is 45.2 Å². The lowest BCUT2D eigenvalue weighted by Gasteiger charge is -2.35. The maximum absolute atomic E-state index is 6.16. The van der Waals surface area contributed by atoms with Crippen molar-refractivity contribution in [1.82, 2.24) is 0 Å². The van der Waals surface area contributed by atoms with Gasteiger partial charge in [0.2, 0.25) is 0 Å². The summed E-state index contributed by atoms with van der Waals surface area (Å²) >= 11 is 0. The van der Waals surface area contributed by atoms with Gasteiger partial charge in [0.15, 0.2) is 16.6 Å². The first kappa shape index (κ1) is 13.1. The summed E-state index contributed by atoms with van der Waals surface area (Å²) in [5.41, 5.74) is 8.25. The van der Waals surface area contributed by atoms with Crippen molar-refractivity contribution in [2.75, 3.05) is 0 Å². The summed E-state index contributed by atoms with van der Waals surface area (Å²) in [5.74, 6) is 0. The standard InChI is InChI=1S/C9H23NOSi2/c1-7-9(10)13(5,6)11-12(3,4)8-2/h8-9H,2,7,10H2,1,3-6H3. The number of rotatable bonds is 5. The Hall–Kier alpha value is 0.0938. The molecule has 78 valence electrons. The molecular weight excluding hydrogens is 194 g/mol. The van der Waals surface area contributed by atoms with E-state index in [1.807, 2.05) is 5.70 Å². The largest absolute Gasteiger partial charge is 0.451 e. The van der Waals surface area contributed by atoms with Gasteiger partial charge in [0, 0.05) is 5.67 Å². The molecule has 13 heavy (non-hydrogen) atoms. The molecule has 0 saturated carbocycles. The van der Waals surface area contributed by atoms with Gasteiger partial charge in [-0.15, -0.1) is 6.58 Å². The molecule has 0 aliphatic heterocycles. The minimum Gasteiger partial charge on any atom is -0.451 e. The zero-order valence-corrected chi connectivity index (χ0v) is 11.6. The third-order valence-corrected chi connectivity index (χ3v) is 9.74. The van der Waals surface area contributed by atoms with Crippen LogP contribution in [0.1, 0.15) is 13.3 Å². The normalized spacial score (nSPS) is 15.5. The molecule has 2 N–H and O–H groups in total. The molecule has 0 aromatic carbocycles. The fourth-order valence-corrected chi connectivity index (χ4v) is 8.63. The Kier molecular flexibility index (Phi) is 4.58. The zero-order chi connectivity index (χ0) is 10.7. The van der Waals surface area contributed by atoms with E-state index < -0.39 is 16.6 Å². The number of hydrogen-bond donors (Lipinski definition) is 1. The fourth-order valence-electron chi connectivity index (χ4n) is 1.29. The summed E-state index contributed by atoms with van der Waals surface area (Å²) in [6.07, 6.45) is 1.00. The molecule has 0 heterocycles. The van der Waals surface area contributed by atoms with Gasteiger partial charge >= 0.3 is 0 Å². The number of hydrogen-bond acceptors (Lipinski definition) is 2. The van der Waals surface area contributed by atoms with E-state index in [1.165, 1.54) is 0 Å². The van der Waals surface area contributed by atoms with Gasteiger partial charge < -0.3 is 9.85 Å². The van der Waals surface area contributed by atoms with E-state index in [0.717, 1.165) is 6.42 Å². The average Bonchev–Trinajstić information content (AvgIpc) is 2.01. The minimum atomic E-state index is -1.69. The summed E-state index contributed by atoms with van der Waals surface area (Å²) in [7, 11) is -3.34. The second kappa shape index (κ2) is 4.55. The molecule has 0 fully saturated rings. The molecule has 4 heteroatoms. The summed E-state index contributed by atoms with van der Waals surface area (Å²) in [4.78, 5) is 0. The zero-order valence-electron chi connectivity index (χ0n) is 9.55. The van der Waals surface area contributed by atoms with Crippen molar-refractivity contribution in [2.24, 2.45) is 5.73 Å². The van der Waals surface area contributed by atoms with Crippen LogP contribution in [-0.4, -0.2) is 22.3 Å². The van der Waals surface area contributed by atoms with Crippen molar-refractivity contribution in [3.8, 4) is 0 Å². The van der Waals surface area contributed by atoms with Gasteiger partial charge in [0.25, 0.3) is 0 Å². The summed E-state index contributed by atoms with van der Waals surface area (Å²) in [6.45, 7) is 14.7. The predicted octanol–water partition coefficient (Wildman–Crippen LogP) is 2.41. The van der Waals surface area contributed by atoms with Crippen molar-refractivity contribution < 1.29 is 4.12 Å². The van der Waals surface area contributed by atoms with E-state index in [-0.39, 0.29) is 5.67 Å². The molecule has 0 aliphatic rings. The van der Waals surface area contributed by atoms with Crippen LogP contribution < -0.4 is 5.73 Å². The highest BCUT2D eigenvalue weighted by molar-refractivity contribution is 6.87. The molecule has 0 rings (SSSR count). The molecule has 1 atom stereocenters. The van der Waals surface area contributed by atoms with Gasteiger partial charge in [-0.3, -0.25) is 0 Å². The Labute approximate surface area is 84.4 Å². The Morgan fingerprint density at radius 2 is 1.85 bits per heavy atom. The predicted molar refractivity (Wildman–Crippen MR) is 64.5 cm³/mol. The first-order valence-electron chi connectivity index (χ1n) is 4.84. The van der Waals surface area contributed by atoms with Crippen molar-refractivity contribution in [3.05, 3.63) is 12.3 Å². The van der Waals surface area contributed by atoms with Crippen LogP contribution in [0.5, 0.6) is 0 Å². The lowest BCUT2D eigenvalue weighted by molar-refractivity contribution is 0.526. The lowest BCUT2D eigenvalue weighted by atomic mass is 10.5. The highest BCUT2D eigenvalue weighted by Crippen LogP contribution is 2.18. The fraction of sp³-hybridized carbons (Fsp3) is 0.778. The van der Waals surface area contributed by atoms with E-state index in [1.54, 1.807) is 0 Å². The third kappa shape index (κ3) is 4.22. The van der Waals surface area contributed by atoms with Gasteiger partial charge in [-0.25, -0.2) is 0 Å². The third-order valence-electron chi connectivity index (χ3n) is 2.35. The molecule has 0 radical (unpaired) electrons. The van der Waals surface area contributed by atoms with Gasteiger partial charge in [0.05, 0.1) is 0 Å². The minimum absolute atomic E-state index is 0.235. The van der Waals surface area contributed by atoms with Gasteiger partial charge in [-0.1, -0.05) is 12.6 Å². The summed E-state index contributed by atoms with van der Waals surface area (Å²) in [5, 5.41) is 0. The maximum Gasteiger partial charge on any atom is 0.198 e. The average molecular weight is 217 g/mol. The van der Waals surface area contributed by atoms with Crippen molar-refractivity contribution in [1.29, 1.82) is 0 Å². The molecule has 0 aromatic rings. The quantitative estimate of drug-likeness (QED) is 0.718. The van der Waals surface area contributed by atoms with Crippen LogP contribution in [0.4, 0.5) is 0 Å². The summed E-state index contributed by atoms with van der Waals surface area (Å²) < 4.78 is 6.16. The highest BCUT2D eigenvalue weighted by atomic mass is 28.4. The smallest absolute Gasteiger partial charge is 0.198 e. The molecule has 0 bridgehead atoms. The molecule has 2 nitrogen and oxygen atoms in total. The topological polar surface area (TPSA) is 35.2 Å². The summed E-state index contributed by atoms with van der Waals surface area (Å²) in [6, 6.07) is 0. The molecule has 0 spiro atoms. The SMILES string of the molecule is C=C[Si](C)(C)O[Si](C)(C)C(N)CC. The van der Waals surface area contributed by atoms with Crippen LogP contribution >= 0.6 is 0 Å². The second-order valence-electron chi connectivity index (χ2n) is 4.53. The Bertz CT molecular complexity index is 180. The van der Waals surface area contributed by atoms with Crippen LogP contribution in [0.3, 0.4) is 0 Å². The monoisotopic (exact) mass is 217 g/mol.